The summed E-state index contributed by atoms with van der Waals surface area (Å²) >= 11 is 0. The van der Waals surface area contributed by atoms with Crippen molar-refractivity contribution in [2.24, 2.45) is 0 Å². The van der Waals surface area contributed by atoms with Crippen LogP contribution in [0.3, 0.4) is 0 Å². The van der Waals surface area contributed by atoms with Gasteiger partial charge in [0, 0.05) is 16.8 Å². The number of hydrogen-bond donors (Lipinski definition) is 0. The number of benzene rings is 14. The smallest absolute Gasteiger partial charge is 0.0714 e. The van der Waals surface area contributed by atoms with Crippen LogP contribution in [-0.4, -0.2) is 0 Å². The van der Waals surface area contributed by atoms with Gasteiger partial charge in [0.1, 0.15) is 0 Å². The molecule has 0 fully saturated rings. The van der Waals surface area contributed by atoms with Crippen LogP contribution in [0.2, 0.25) is 0 Å². The summed E-state index contributed by atoms with van der Waals surface area (Å²) in [5.41, 5.74) is 22.1. The molecule has 0 spiro atoms. The second-order valence-corrected chi connectivity index (χ2v) is 21.0. The first kappa shape index (κ1) is 46.9. The van der Waals surface area contributed by atoms with Crippen LogP contribution in [0.5, 0.6) is 0 Å². The van der Waals surface area contributed by atoms with Crippen molar-refractivity contribution < 1.29 is 0 Å². The molecule has 0 N–H and O–H groups in total. The first-order chi connectivity index (χ1) is 39.7. The highest BCUT2D eigenvalue weighted by molar-refractivity contribution is 6.22. The minimum atomic E-state index is -0.566. The summed E-state index contributed by atoms with van der Waals surface area (Å²) in [6.07, 6.45) is 0. The topological polar surface area (TPSA) is 3.24 Å². The molecule has 0 aliphatic heterocycles. The van der Waals surface area contributed by atoms with E-state index in [-0.39, 0.29) is 0 Å². The van der Waals surface area contributed by atoms with E-state index in [1.807, 2.05) is 0 Å². The second kappa shape index (κ2) is 19.6. The van der Waals surface area contributed by atoms with Gasteiger partial charge in [0.25, 0.3) is 0 Å². The van der Waals surface area contributed by atoms with Gasteiger partial charge in [-0.2, -0.15) is 0 Å². The number of nitrogens with zero attached hydrogens (tertiary/aromatic N) is 1. The van der Waals surface area contributed by atoms with Gasteiger partial charge >= 0.3 is 0 Å². The summed E-state index contributed by atoms with van der Waals surface area (Å²) in [5.74, 6) is 0. The van der Waals surface area contributed by atoms with Crippen molar-refractivity contribution in [2.45, 2.75) is 5.41 Å². The van der Waals surface area contributed by atoms with Crippen LogP contribution >= 0.6 is 0 Å². The molecule has 0 unspecified atom stereocenters. The molecule has 0 radical (unpaired) electrons. The molecular formula is C79H53N. The van der Waals surface area contributed by atoms with E-state index in [4.69, 9.17) is 0 Å². The summed E-state index contributed by atoms with van der Waals surface area (Å²) < 4.78 is 0. The molecule has 0 bridgehead atoms. The Balaban J connectivity index is 0.956. The zero-order valence-electron chi connectivity index (χ0n) is 44.0. The molecule has 14 aromatic carbocycles. The van der Waals surface area contributed by atoms with Crippen LogP contribution in [-0.2, 0) is 5.41 Å². The van der Waals surface area contributed by atoms with Crippen LogP contribution in [0.25, 0.3) is 99.1 Å². The van der Waals surface area contributed by atoms with Crippen LogP contribution in [0.1, 0.15) is 22.3 Å². The Bertz CT molecular complexity index is 4560. The number of hydrogen-bond acceptors (Lipinski definition) is 1. The lowest BCUT2D eigenvalue weighted by molar-refractivity contribution is 0.768. The van der Waals surface area contributed by atoms with Crippen molar-refractivity contribution >= 4 is 49.4 Å². The first-order valence-corrected chi connectivity index (χ1v) is 27.7. The van der Waals surface area contributed by atoms with Gasteiger partial charge in [0.2, 0.25) is 0 Å². The standard InChI is InChI=1S/C79H53N/c1-5-24-58(25-6-1)76-69-36-16-15-35-67(69)68-52-49-60(53-71(68)77(76)59-26-7-2-8-27-59)66-34-18-20-41-74(66)80(63-50-47-55(48-51-63)54-43-45-57(46-44-54)65-38-21-28-56-23-13-14-33-64(56)65)75-42-22-40-73-78(75)70-37-17-19-39-72(70)79(73,61-29-9-3-10-30-61)62-31-11-4-12-32-62/h1-53H. The van der Waals surface area contributed by atoms with Gasteiger partial charge in [0.15, 0.2) is 0 Å². The molecule has 80 heavy (non-hydrogen) atoms. The quantitative estimate of drug-likeness (QED) is 0.123. The maximum atomic E-state index is 2.53. The van der Waals surface area contributed by atoms with Gasteiger partial charge in [-0.3, -0.25) is 0 Å². The fourth-order valence-corrected chi connectivity index (χ4v) is 13.3. The predicted molar refractivity (Wildman–Crippen MR) is 338 cm³/mol. The summed E-state index contributed by atoms with van der Waals surface area (Å²) in [6.45, 7) is 0. The monoisotopic (exact) mass is 1020 g/mol. The van der Waals surface area contributed by atoms with Crippen molar-refractivity contribution in [2.75, 3.05) is 4.90 Å². The maximum absolute atomic E-state index is 2.53. The largest absolute Gasteiger partial charge is 0.309 e. The van der Waals surface area contributed by atoms with E-state index in [9.17, 15) is 0 Å². The highest BCUT2D eigenvalue weighted by atomic mass is 15.1. The van der Waals surface area contributed by atoms with E-state index in [0.717, 1.165) is 33.8 Å². The second-order valence-electron chi connectivity index (χ2n) is 21.0. The van der Waals surface area contributed by atoms with E-state index in [2.05, 4.69) is 326 Å². The lowest BCUT2D eigenvalue weighted by Gasteiger charge is -2.34. The van der Waals surface area contributed by atoms with Gasteiger partial charge in [-0.25, -0.2) is 0 Å². The van der Waals surface area contributed by atoms with Crippen LogP contribution in [0, 0.1) is 0 Å². The maximum Gasteiger partial charge on any atom is 0.0714 e. The summed E-state index contributed by atoms with van der Waals surface area (Å²) in [6, 6.07) is 119. The molecule has 0 saturated carbocycles. The minimum absolute atomic E-state index is 0.566. The predicted octanol–water partition coefficient (Wildman–Crippen LogP) is 21.3. The Morgan fingerprint density at radius 2 is 0.675 bits per heavy atom. The van der Waals surface area contributed by atoms with Gasteiger partial charge in [-0.15, -0.1) is 0 Å². The Hall–Kier alpha value is -10.3. The highest BCUT2D eigenvalue weighted by Crippen LogP contribution is 2.60. The lowest BCUT2D eigenvalue weighted by atomic mass is 9.68. The Kier molecular flexibility index (Phi) is 11.5. The van der Waals surface area contributed by atoms with Crippen molar-refractivity contribution in [3.63, 3.8) is 0 Å². The molecule has 374 valence electrons. The minimum Gasteiger partial charge on any atom is -0.309 e. The van der Waals surface area contributed by atoms with Crippen LogP contribution in [0.4, 0.5) is 17.1 Å². The zero-order chi connectivity index (χ0) is 53.0. The van der Waals surface area contributed by atoms with Crippen molar-refractivity contribution in [1.29, 1.82) is 0 Å². The number of para-hydroxylation sites is 1. The van der Waals surface area contributed by atoms with E-state index in [0.29, 0.717) is 0 Å². The van der Waals surface area contributed by atoms with E-state index in [1.54, 1.807) is 0 Å². The molecule has 1 nitrogen and oxygen atoms in total. The first-order valence-electron chi connectivity index (χ1n) is 27.7. The average molecular weight is 1020 g/mol. The van der Waals surface area contributed by atoms with Crippen molar-refractivity contribution in [3.8, 4) is 66.8 Å². The molecule has 0 amide bonds. The lowest BCUT2D eigenvalue weighted by Crippen LogP contribution is -2.28. The van der Waals surface area contributed by atoms with Crippen molar-refractivity contribution in [3.05, 3.63) is 344 Å². The van der Waals surface area contributed by atoms with Gasteiger partial charge < -0.3 is 4.90 Å². The van der Waals surface area contributed by atoms with Crippen LogP contribution < -0.4 is 4.90 Å². The molecule has 14 aromatic rings. The molecule has 15 rings (SSSR count). The normalized spacial score (nSPS) is 12.3. The van der Waals surface area contributed by atoms with E-state index >= 15 is 0 Å². The summed E-state index contributed by atoms with van der Waals surface area (Å²) in [7, 11) is 0. The van der Waals surface area contributed by atoms with Gasteiger partial charge in [-0.1, -0.05) is 291 Å². The molecule has 1 aliphatic rings. The summed E-state index contributed by atoms with van der Waals surface area (Å²) in [5, 5.41) is 7.44. The molecule has 0 atom stereocenters. The molecular weight excluding hydrogens is 963 g/mol. The van der Waals surface area contributed by atoms with E-state index in [1.165, 1.54) is 105 Å². The third-order valence-electron chi connectivity index (χ3n) is 16.8. The molecule has 0 heterocycles. The van der Waals surface area contributed by atoms with Gasteiger partial charge in [-0.05, 0) is 141 Å². The van der Waals surface area contributed by atoms with E-state index < -0.39 is 5.41 Å². The van der Waals surface area contributed by atoms with Gasteiger partial charge in [0.05, 0.1) is 16.8 Å². The Morgan fingerprint density at radius 3 is 1.36 bits per heavy atom. The number of rotatable bonds is 10. The van der Waals surface area contributed by atoms with Crippen LogP contribution in [0.15, 0.2) is 322 Å². The zero-order valence-corrected chi connectivity index (χ0v) is 44.0. The van der Waals surface area contributed by atoms with Crippen molar-refractivity contribution in [1.82, 2.24) is 0 Å². The fraction of sp³-hybridized carbons (Fsp3) is 0.0127. The molecule has 1 aliphatic carbocycles. The summed E-state index contributed by atoms with van der Waals surface area (Å²) in [4.78, 5) is 2.53. The Morgan fingerprint density at radius 1 is 0.225 bits per heavy atom. The molecule has 0 saturated heterocycles. The Labute approximate surface area is 467 Å². The fourth-order valence-electron chi connectivity index (χ4n) is 13.3. The third kappa shape index (κ3) is 7.62. The average Bonchev–Trinajstić information content (AvgIpc) is 4.01. The number of fused-ring (bicyclic) bond motifs is 7. The SMILES string of the molecule is c1ccc(-c2c(-c3ccccc3)c3cc(-c4ccccc4N(c4ccc(-c5ccc(-c6cccc7ccccc67)cc5)cc4)c4cccc5c4-c4ccccc4C5(c4ccccc4)c4ccccc4)ccc3c3ccccc23)cc1. The molecule has 0 aromatic heterocycles. The third-order valence-corrected chi connectivity index (χ3v) is 16.8. The number of anilines is 3. The highest BCUT2D eigenvalue weighted by Gasteiger charge is 2.47. The molecule has 1 heteroatoms.